The van der Waals surface area contributed by atoms with Crippen LogP contribution in [0.2, 0.25) is 0 Å². The average molecular weight is 348 g/mol. The van der Waals surface area contributed by atoms with Gasteiger partial charge in [0.2, 0.25) is 0 Å². The predicted octanol–water partition coefficient (Wildman–Crippen LogP) is 2.29. The van der Waals surface area contributed by atoms with E-state index in [0.29, 0.717) is 19.3 Å². The third-order valence-electron chi connectivity index (χ3n) is 5.09. The summed E-state index contributed by atoms with van der Waals surface area (Å²) in [5.74, 6) is 0. The predicted molar refractivity (Wildman–Crippen MR) is 89.4 cm³/mol. The van der Waals surface area contributed by atoms with Crippen molar-refractivity contribution in [1.82, 2.24) is 0 Å². The van der Waals surface area contributed by atoms with E-state index in [1.807, 2.05) is 13.8 Å². The summed E-state index contributed by atoms with van der Waals surface area (Å²) in [5.41, 5.74) is -0.960. The van der Waals surface area contributed by atoms with Gasteiger partial charge in [-0.05, 0) is 32.1 Å². The maximum atomic E-state index is 12.7. The first kappa shape index (κ1) is 21.1. The van der Waals surface area contributed by atoms with Crippen LogP contribution in [0, 0.1) is 0 Å². The fourth-order valence-corrected chi connectivity index (χ4v) is 4.84. The molecule has 0 amide bonds. The first-order valence-electron chi connectivity index (χ1n) is 8.43. The summed E-state index contributed by atoms with van der Waals surface area (Å²) < 4.78 is 23.9. The standard InChI is InChI=1S/C15H30BO6P/c1-5-14(6-2,10-12-11(17)9-13(16)21-12)22-23(19,20)15(18,7-3)8-4/h11-13,17-18H,5-10H2,1-4H3,(H,19,20). The topological polar surface area (TPSA) is 96.2 Å². The van der Waals surface area contributed by atoms with Crippen molar-refractivity contribution in [3.63, 3.8) is 0 Å². The number of hydrogen-bond acceptors (Lipinski definition) is 5. The van der Waals surface area contributed by atoms with Crippen molar-refractivity contribution in [2.24, 2.45) is 0 Å². The van der Waals surface area contributed by atoms with Gasteiger partial charge in [-0.1, -0.05) is 27.7 Å². The molecule has 0 bridgehead atoms. The molecule has 0 aromatic heterocycles. The Kier molecular flexibility index (Phi) is 7.34. The number of hydrogen-bond donors (Lipinski definition) is 3. The van der Waals surface area contributed by atoms with Crippen LogP contribution in [0.3, 0.4) is 0 Å². The van der Waals surface area contributed by atoms with Crippen LogP contribution < -0.4 is 0 Å². The molecule has 1 rings (SSSR count). The minimum Gasteiger partial charge on any atom is -0.390 e. The molecule has 0 saturated carbocycles. The minimum atomic E-state index is -4.27. The van der Waals surface area contributed by atoms with Crippen molar-refractivity contribution >= 4 is 15.4 Å². The van der Waals surface area contributed by atoms with Gasteiger partial charge in [0.1, 0.15) is 7.85 Å². The van der Waals surface area contributed by atoms with Gasteiger partial charge in [-0.15, -0.1) is 0 Å². The molecule has 3 N–H and O–H groups in total. The molecule has 23 heavy (non-hydrogen) atoms. The maximum absolute atomic E-state index is 12.7. The van der Waals surface area contributed by atoms with Crippen LogP contribution in [-0.2, 0) is 13.8 Å². The summed E-state index contributed by atoms with van der Waals surface area (Å²) in [6.07, 6.45) is 0.477. The Hall–Kier alpha value is 0.0949. The molecular weight excluding hydrogens is 318 g/mol. The molecule has 6 nitrogen and oxygen atoms in total. The molecule has 8 heteroatoms. The Morgan fingerprint density at radius 1 is 1.22 bits per heavy atom. The van der Waals surface area contributed by atoms with Crippen LogP contribution in [0.25, 0.3) is 0 Å². The average Bonchev–Trinajstić information content (AvgIpc) is 2.82. The Balaban J connectivity index is 2.99. The zero-order valence-electron chi connectivity index (χ0n) is 14.6. The van der Waals surface area contributed by atoms with Crippen molar-refractivity contribution < 1.29 is 28.9 Å². The van der Waals surface area contributed by atoms with E-state index in [1.165, 1.54) is 0 Å². The quantitative estimate of drug-likeness (QED) is 0.437. The number of ether oxygens (including phenoxy) is 1. The van der Waals surface area contributed by atoms with Crippen molar-refractivity contribution in [2.75, 3.05) is 0 Å². The molecule has 4 unspecified atom stereocenters. The number of aliphatic hydroxyl groups is 2. The second-order valence-electron chi connectivity index (χ2n) is 6.41. The second-order valence-corrected chi connectivity index (χ2v) is 8.47. The van der Waals surface area contributed by atoms with E-state index >= 15 is 0 Å². The Morgan fingerprint density at radius 3 is 2.09 bits per heavy atom. The number of aliphatic hydroxyl groups excluding tert-OH is 1. The van der Waals surface area contributed by atoms with Gasteiger partial charge >= 0.3 is 7.60 Å². The van der Waals surface area contributed by atoms with Crippen LogP contribution in [0.4, 0.5) is 0 Å². The van der Waals surface area contributed by atoms with Crippen LogP contribution in [-0.4, -0.2) is 52.1 Å². The van der Waals surface area contributed by atoms with Crippen LogP contribution in [0.5, 0.6) is 0 Å². The lowest BCUT2D eigenvalue weighted by Gasteiger charge is -2.40. The van der Waals surface area contributed by atoms with Gasteiger partial charge in [-0.3, -0.25) is 9.09 Å². The van der Waals surface area contributed by atoms with Crippen molar-refractivity contribution in [3.8, 4) is 0 Å². The third-order valence-corrected chi connectivity index (χ3v) is 7.41. The largest absolute Gasteiger partial charge is 0.390 e. The van der Waals surface area contributed by atoms with Crippen LogP contribution in [0.1, 0.15) is 66.2 Å². The van der Waals surface area contributed by atoms with E-state index in [2.05, 4.69) is 0 Å². The van der Waals surface area contributed by atoms with Crippen molar-refractivity contribution in [1.29, 1.82) is 0 Å². The third kappa shape index (κ3) is 4.59. The molecule has 1 heterocycles. The van der Waals surface area contributed by atoms with E-state index in [9.17, 15) is 19.7 Å². The van der Waals surface area contributed by atoms with E-state index in [0.717, 1.165) is 0 Å². The Morgan fingerprint density at radius 2 is 1.74 bits per heavy atom. The highest BCUT2D eigenvalue weighted by Crippen LogP contribution is 2.61. The highest BCUT2D eigenvalue weighted by atomic mass is 31.2. The summed E-state index contributed by atoms with van der Waals surface area (Å²) in [6, 6.07) is -0.537. The second kappa shape index (κ2) is 7.98. The Bertz CT molecular complexity index is 424. The SMILES string of the molecule is [B]C1CC(O)C(CC(CC)(CC)OP(=O)(O)C(O)(CC)CC)O1. The molecule has 0 aromatic carbocycles. The summed E-state index contributed by atoms with van der Waals surface area (Å²) in [7, 11) is 1.42. The molecule has 0 aliphatic carbocycles. The van der Waals surface area contributed by atoms with Crippen molar-refractivity contribution in [2.45, 2.75) is 95.4 Å². The zero-order valence-corrected chi connectivity index (χ0v) is 15.5. The summed E-state index contributed by atoms with van der Waals surface area (Å²) >= 11 is 0. The molecule has 4 atom stereocenters. The first-order valence-corrected chi connectivity index (χ1v) is 10.0. The van der Waals surface area contributed by atoms with Gasteiger partial charge in [0, 0.05) is 12.4 Å². The highest BCUT2D eigenvalue weighted by molar-refractivity contribution is 7.54. The van der Waals surface area contributed by atoms with Gasteiger partial charge in [0.25, 0.3) is 0 Å². The lowest BCUT2D eigenvalue weighted by Crippen LogP contribution is -2.40. The van der Waals surface area contributed by atoms with Crippen LogP contribution in [0.15, 0.2) is 0 Å². The molecule has 0 aromatic rings. The molecule has 1 aliphatic heterocycles. The molecule has 134 valence electrons. The molecular formula is C15H30BO6P. The van der Waals surface area contributed by atoms with Gasteiger partial charge in [-0.2, -0.15) is 0 Å². The fraction of sp³-hybridized carbons (Fsp3) is 1.00. The highest BCUT2D eigenvalue weighted by Gasteiger charge is 2.50. The van der Waals surface area contributed by atoms with E-state index in [1.54, 1.807) is 13.8 Å². The molecule has 1 aliphatic rings. The smallest absolute Gasteiger partial charge is 0.359 e. The van der Waals surface area contributed by atoms with Gasteiger partial charge in [0.15, 0.2) is 5.34 Å². The minimum absolute atomic E-state index is 0.119. The maximum Gasteiger partial charge on any atom is 0.359 e. The molecule has 1 saturated heterocycles. The van der Waals surface area contributed by atoms with E-state index in [-0.39, 0.29) is 19.3 Å². The van der Waals surface area contributed by atoms with E-state index in [4.69, 9.17) is 17.1 Å². The van der Waals surface area contributed by atoms with Crippen LogP contribution >= 0.6 is 7.60 Å². The molecule has 2 radical (unpaired) electrons. The lowest BCUT2D eigenvalue weighted by atomic mass is 9.88. The van der Waals surface area contributed by atoms with Gasteiger partial charge in [0.05, 0.1) is 17.8 Å². The summed E-state index contributed by atoms with van der Waals surface area (Å²) in [5, 5.41) is 18.7. The van der Waals surface area contributed by atoms with Crippen molar-refractivity contribution in [3.05, 3.63) is 0 Å². The van der Waals surface area contributed by atoms with Gasteiger partial charge in [-0.25, -0.2) is 0 Å². The summed E-state index contributed by atoms with van der Waals surface area (Å²) in [4.78, 5) is 10.4. The molecule has 1 fully saturated rings. The molecule has 0 spiro atoms. The zero-order chi connectivity index (χ0) is 17.9. The van der Waals surface area contributed by atoms with Gasteiger partial charge < -0.3 is 19.8 Å². The fourth-order valence-electron chi connectivity index (χ4n) is 3.01. The monoisotopic (exact) mass is 348 g/mol. The summed E-state index contributed by atoms with van der Waals surface area (Å²) in [6.45, 7) is 7.00. The van der Waals surface area contributed by atoms with E-state index < -0.39 is 36.8 Å². The Labute approximate surface area is 140 Å². The normalized spacial score (nSPS) is 28.7. The first-order chi connectivity index (χ1) is 10.6. The number of rotatable bonds is 9. The lowest BCUT2D eigenvalue weighted by molar-refractivity contribution is -0.0540.